The number of hydrogen-bond acceptors (Lipinski definition) is 7. The fourth-order valence-electron chi connectivity index (χ4n) is 3.65. The van der Waals surface area contributed by atoms with Crippen LogP contribution in [0.15, 0.2) is 54.9 Å². The van der Waals surface area contributed by atoms with E-state index < -0.39 is 11.7 Å². The van der Waals surface area contributed by atoms with Gasteiger partial charge in [0.1, 0.15) is 40.7 Å². The molecule has 4 heterocycles. The van der Waals surface area contributed by atoms with E-state index in [1.165, 1.54) is 18.3 Å². The average molecular weight is 478 g/mol. The van der Waals surface area contributed by atoms with Crippen molar-refractivity contribution in [2.45, 2.75) is 18.9 Å². The van der Waals surface area contributed by atoms with Crippen molar-refractivity contribution in [3.8, 4) is 17.2 Å². The molecule has 1 unspecified atom stereocenters. The van der Waals surface area contributed by atoms with Crippen LogP contribution in [0, 0.1) is 5.82 Å². The van der Waals surface area contributed by atoms with E-state index in [0.717, 1.165) is 32.1 Å². The number of anilines is 1. The summed E-state index contributed by atoms with van der Waals surface area (Å²) in [7, 11) is 0. The number of rotatable bonds is 7. The van der Waals surface area contributed by atoms with Gasteiger partial charge in [-0.25, -0.2) is 14.4 Å². The van der Waals surface area contributed by atoms with Crippen LogP contribution >= 0.6 is 0 Å². The topological polar surface area (TPSA) is 103 Å². The summed E-state index contributed by atoms with van der Waals surface area (Å²) in [6, 6.07) is 10.7. The number of halogens is 1. The van der Waals surface area contributed by atoms with Gasteiger partial charge in [0.05, 0.1) is 25.6 Å². The van der Waals surface area contributed by atoms with Gasteiger partial charge in [-0.1, -0.05) is 0 Å². The van der Waals surface area contributed by atoms with Gasteiger partial charge in [-0.15, -0.1) is 0 Å². The number of benzene rings is 1. The predicted octanol–water partition coefficient (Wildman–Crippen LogP) is 3.67. The third-order valence-corrected chi connectivity index (χ3v) is 5.64. The van der Waals surface area contributed by atoms with Gasteiger partial charge in [0.15, 0.2) is 0 Å². The average Bonchev–Trinajstić information content (AvgIpc) is 3.33. The Morgan fingerprint density at radius 3 is 2.54 bits per heavy atom. The maximum Gasteiger partial charge on any atom is 0.272 e. The molecule has 5 rings (SSSR count). The van der Waals surface area contributed by atoms with E-state index in [9.17, 15) is 14.0 Å². The van der Waals surface area contributed by atoms with Crippen LogP contribution in [-0.4, -0.2) is 59.1 Å². The minimum Gasteiger partial charge on any atom is -0.488 e. The lowest BCUT2D eigenvalue weighted by molar-refractivity contribution is 0.0645. The van der Waals surface area contributed by atoms with Crippen LogP contribution in [0.4, 0.5) is 10.2 Å². The first-order chi connectivity index (χ1) is 17.0. The Hall–Kier alpha value is -4.05. The zero-order chi connectivity index (χ0) is 24.2. The second-order valence-corrected chi connectivity index (χ2v) is 8.24. The van der Waals surface area contributed by atoms with Gasteiger partial charge in [0, 0.05) is 31.1 Å². The molecule has 10 heteroatoms. The van der Waals surface area contributed by atoms with Crippen molar-refractivity contribution >= 4 is 17.6 Å². The molecule has 3 aromatic rings. The van der Waals surface area contributed by atoms with Crippen LogP contribution in [0.1, 0.15) is 33.7 Å². The molecule has 2 saturated heterocycles. The summed E-state index contributed by atoms with van der Waals surface area (Å²) in [6.07, 6.45) is 4.10. The van der Waals surface area contributed by atoms with Gasteiger partial charge in [-0.2, -0.15) is 0 Å². The Labute approximate surface area is 200 Å². The number of aromatic nitrogens is 2. The third-order valence-electron chi connectivity index (χ3n) is 5.64. The van der Waals surface area contributed by atoms with Gasteiger partial charge >= 0.3 is 0 Å². The normalized spacial score (nSPS) is 16.9. The second-order valence-electron chi connectivity index (χ2n) is 8.24. The molecule has 2 aliphatic rings. The quantitative estimate of drug-likeness (QED) is 0.553. The lowest BCUT2D eigenvalue weighted by Crippen LogP contribution is -2.42. The van der Waals surface area contributed by atoms with E-state index >= 15 is 0 Å². The molecule has 1 aromatic carbocycles. The van der Waals surface area contributed by atoms with Gasteiger partial charge in [0.2, 0.25) is 0 Å². The minimum absolute atomic E-state index is 0.106. The third kappa shape index (κ3) is 5.55. The number of amides is 2. The molecule has 0 saturated carbocycles. The maximum absolute atomic E-state index is 13.1. The van der Waals surface area contributed by atoms with Gasteiger partial charge in [-0.3, -0.25) is 9.59 Å². The Morgan fingerprint density at radius 1 is 1.03 bits per heavy atom. The number of ether oxygens (including phenoxy) is 3. The number of pyridine rings is 2. The van der Waals surface area contributed by atoms with E-state index in [1.807, 2.05) is 0 Å². The molecule has 180 valence electrons. The number of nitrogens with one attached hydrogen (secondary N) is 1. The standard InChI is InChI=1S/C25H23FN4O5/c26-17-2-5-23(28-13-17)29-24(31)16-10-20(12-21(11-16)35-19-6-9-33-15-19)34-18-3-4-22(27-14-18)25(32)30-7-1-8-30/h2-5,10-14,19H,1,6-9,15H2,(H,28,29,31). The molecule has 9 nitrogen and oxygen atoms in total. The molecular formula is C25H23FN4O5. The van der Waals surface area contributed by atoms with Crippen LogP contribution in [0.3, 0.4) is 0 Å². The molecule has 1 atom stereocenters. The minimum atomic E-state index is -0.501. The maximum atomic E-state index is 13.1. The number of nitrogens with zero attached hydrogens (tertiary/aromatic N) is 3. The number of likely N-dealkylation sites (tertiary alicyclic amines) is 1. The summed E-state index contributed by atoms with van der Waals surface area (Å²) in [4.78, 5) is 35.0. The zero-order valence-corrected chi connectivity index (χ0v) is 18.8. The van der Waals surface area contributed by atoms with E-state index in [2.05, 4.69) is 15.3 Å². The van der Waals surface area contributed by atoms with Crippen LogP contribution in [-0.2, 0) is 4.74 Å². The summed E-state index contributed by atoms with van der Waals surface area (Å²) in [6.45, 7) is 2.56. The molecule has 1 N–H and O–H groups in total. The first kappa shape index (κ1) is 22.7. The molecule has 2 amide bonds. The first-order valence-corrected chi connectivity index (χ1v) is 11.3. The monoisotopic (exact) mass is 478 g/mol. The van der Waals surface area contributed by atoms with Crippen molar-refractivity contribution in [1.82, 2.24) is 14.9 Å². The molecule has 35 heavy (non-hydrogen) atoms. The van der Waals surface area contributed by atoms with Crippen molar-refractivity contribution in [2.75, 3.05) is 31.6 Å². The molecular weight excluding hydrogens is 455 g/mol. The summed E-state index contributed by atoms with van der Waals surface area (Å²) >= 11 is 0. The highest BCUT2D eigenvalue weighted by Gasteiger charge is 2.23. The van der Waals surface area contributed by atoms with Crippen molar-refractivity contribution in [1.29, 1.82) is 0 Å². The highest BCUT2D eigenvalue weighted by molar-refractivity contribution is 6.04. The molecule has 2 aromatic heterocycles. The first-order valence-electron chi connectivity index (χ1n) is 11.3. The van der Waals surface area contributed by atoms with Crippen molar-refractivity contribution < 1.29 is 28.2 Å². The van der Waals surface area contributed by atoms with Crippen LogP contribution in [0.2, 0.25) is 0 Å². The van der Waals surface area contributed by atoms with E-state index in [-0.39, 0.29) is 23.4 Å². The Kier molecular flexibility index (Phi) is 6.53. The molecule has 2 fully saturated rings. The second kappa shape index (κ2) is 10.1. The van der Waals surface area contributed by atoms with Gasteiger partial charge in [-0.05, 0) is 42.8 Å². The highest BCUT2D eigenvalue weighted by atomic mass is 19.1. The summed E-state index contributed by atoms with van der Waals surface area (Å²) < 4.78 is 30.4. The fraction of sp³-hybridized carbons (Fsp3) is 0.280. The van der Waals surface area contributed by atoms with Crippen LogP contribution < -0.4 is 14.8 Å². The van der Waals surface area contributed by atoms with Gasteiger partial charge < -0.3 is 24.4 Å². The van der Waals surface area contributed by atoms with Crippen molar-refractivity contribution in [3.63, 3.8) is 0 Å². The summed E-state index contributed by atoms with van der Waals surface area (Å²) in [5.41, 5.74) is 0.613. The number of hydrogen-bond donors (Lipinski definition) is 1. The Bertz CT molecular complexity index is 1210. The SMILES string of the molecule is O=C(Nc1ccc(F)cn1)c1cc(Oc2ccc(C(=O)N3CCC3)nc2)cc(OC2CCOC2)c1. The molecule has 0 radical (unpaired) electrons. The molecule has 0 aliphatic carbocycles. The highest BCUT2D eigenvalue weighted by Crippen LogP contribution is 2.29. The Morgan fingerprint density at radius 2 is 1.89 bits per heavy atom. The molecule has 2 aliphatic heterocycles. The summed E-state index contributed by atoms with van der Waals surface area (Å²) in [5.74, 6) is 0.328. The van der Waals surface area contributed by atoms with Crippen LogP contribution in [0.25, 0.3) is 0 Å². The van der Waals surface area contributed by atoms with E-state index in [0.29, 0.717) is 36.2 Å². The zero-order valence-electron chi connectivity index (χ0n) is 18.8. The van der Waals surface area contributed by atoms with Gasteiger partial charge in [0.25, 0.3) is 11.8 Å². The van der Waals surface area contributed by atoms with Crippen molar-refractivity contribution in [2.24, 2.45) is 0 Å². The predicted molar refractivity (Wildman–Crippen MR) is 123 cm³/mol. The lowest BCUT2D eigenvalue weighted by Gasteiger charge is -2.30. The van der Waals surface area contributed by atoms with Crippen LogP contribution in [0.5, 0.6) is 17.2 Å². The molecule has 0 spiro atoms. The van der Waals surface area contributed by atoms with Crippen molar-refractivity contribution in [3.05, 3.63) is 71.9 Å². The smallest absolute Gasteiger partial charge is 0.272 e. The number of carbonyl (C=O) groups excluding carboxylic acids is 2. The Balaban J connectivity index is 1.35. The fourth-order valence-corrected chi connectivity index (χ4v) is 3.65. The largest absolute Gasteiger partial charge is 0.488 e. The lowest BCUT2D eigenvalue weighted by atomic mass is 10.1. The number of carbonyl (C=O) groups is 2. The van der Waals surface area contributed by atoms with E-state index in [4.69, 9.17) is 14.2 Å². The van der Waals surface area contributed by atoms with E-state index in [1.54, 1.807) is 35.2 Å². The summed E-state index contributed by atoms with van der Waals surface area (Å²) in [5, 5.41) is 2.63. The molecule has 0 bridgehead atoms.